The van der Waals surface area contributed by atoms with Crippen LogP contribution >= 0.6 is 0 Å². The van der Waals surface area contributed by atoms with E-state index in [1.165, 1.54) is 38.5 Å². The Labute approximate surface area is 169 Å². The highest BCUT2D eigenvalue weighted by molar-refractivity contribution is 5.96. The van der Waals surface area contributed by atoms with Crippen LogP contribution in [0.2, 0.25) is 0 Å². The summed E-state index contributed by atoms with van der Waals surface area (Å²) >= 11 is 0. The average molecular weight is 386 g/mol. The summed E-state index contributed by atoms with van der Waals surface area (Å²) in [5.41, 5.74) is 1.50. The maximum Gasteiger partial charge on any atom is 0.308 e. The van der Waals surface area contributed by atoms with Gasteiger partial charge in [-0.1, -0.05) is 69.7 Å². The predicted molar refractivity (Wildman–Crippen MR) is 113 cm³/mol. The highest BCUT2D eigenvalue weighted by atomic mass is 16.4. The second-order valence-electron chi connectivity index (χ2n) is 7.83. The third-order valence-electron chi connectivity index (χ3n) is 5.54. The van der Waals surface area contributed by atoms with E-state index in [2.05, 4.69) is 24.4 Å². The fraction of sp³-hybridized carbons (Fsp3) is 0.583. The molecule has 1 aromatic carbocycles. The normalized spacial score (nSPS) is 16.9. The van der Waals surface area contributed by atoms with Crippen molar-refractivity contribution in [3.8, 4) is 0 Å². The van der Waals surface area contributed by atoms with Crippen LogP contribution in [-0.4, -0.2) is 17.0 Å². The van der Waals surface area contributed by atoms with Gasteiger partial charge in [-0.3, -0.25) is 9.59 Å². The number of hydrogen-bond acceptors (Lipinski definition) is 2. The van der Waals surface area contributed by atoms with Crippen molar-refractivity contribution >= 4 is 11.9 Å². The van der Waals surface area contributed by atoms with Crippen molar-refractivity contribution in [3.05, 3.63) is 47.5 Å². The summed E-state index contributed by atoms with van der Waals surface area (Å²) in [6, 6.07) is 6.85. The summed E-state index contributed by atoms with van der Waals surface area (Å²) in [7, 11) is 0. The average Bonchev–Trinajstić information content (AvgIpc) is 2.69. The minimum atomic E-state index is -0.837. The number of carbonyl (C=O) groups excluding carboxylic acids is 1. The molecule has 154 valence electrons. The quantitative estimate of drug-likeness (QED) is 0.303. The van der Waals surface area contributed by atoms with E-state index in [0.717, 1.165) is 31.2 Å². The van der Waals surface area contributed by atoms with E-state index in [9.17, 15) is 14.7 Å². The summed E-state index contributed by atoms with van der Waals surface area (Å²) in [6.07, 6.45) is 17.0. The first kappa shape index (κ1) is 22.2. The Morgan fingerprint density at radius 2 is 1.75 bits per heavy atom. The van der Waals surface area contributed by atoms with Gasteiger partial charge in [0.25, 0.3) is 5.91 Å². The summed E-state index contributed by atoms with van der Waals surface area (Å²) in [5, 5.41) is 12.5. The number of rotatable bonds is 14. The number of unbranched alkanes of at least 4 members (excludes halogenated alkanes) is 8. The number of carboxylic acid groups (broad SMARTS) is 1. The van der Waals surface area contributed by atoms with E-state index in [-0.39, 0.29) is 5.91 Å². The van der Waals surface area contributed by atoms with Gasteiger partial charge in [0.05, 0.1) is 12.0 Å². The Balaban J connectivity index is 1.66. The predicted octanol–water partition coefficient (Wildman–Crippen LogP) is 6.04. The van der Waals surface area contributed by atoms with E-state index >= 15 is 0 Å². The molecule has 1 heterocycles. The largest absolute Gasteiger partial charge is 0.481 e. The number of carbonyl (C=O) groups is 2. The zero-order valence-electron chi connectivity index (χ0n) is 17.2. The van der Waals surface area contributed by atoms with Crippen LogP contribution in [0.5, 0.6) is 0 Å². The smallest absolute Gasteiger partial charge is 0.308 e. The molecule has 0 aromatic heterocycles. The van der Waals surface area contributed by atoms with E-state index in [1.807, 2.05) is 18.2 Å². The molecule has 1 aliphatic heterocycles. The summed E-state index contributed by atoms with van der Waals surface area (Å²) in [4.78, 5) is 23.8. The molecule has 2 bridgehead atoms. The molecule has 4 nitrogen and oxygen atoms in total. The third-order valence-corrected chi connectivity index (χ3v) is 5.54. The molecule has 2 unspecified atom stereocenters. The molecule has 0 radical (unpaired) electrons. The van der Waals surface area contributed by atoms with E-state index in [0.29, 0.717) is 12.0 Å². The van der Waals surface area contributed by atoms with Crippen LogP contribution in [0.1, 0.15) is 99.5 Å². The number of aliphatic carboxylic acids is 1. The van der Waals surface area contributed by atoms with Crippen molar-refractivity contribution in [2.24, 2.45) is 5.92 Å². The molecule has 2 N–H and O–H groups in total. The van der Waals surface area contributed by atoms with Crippen LogP contribution in [0.15, 0.2) is 36.4 Å². The molecule has 1 aliphatic rings. The summed E-state index contributed by atoms with van der Waals surface area (Å²) in [6.45, 7) is 2.24. The van der Waals surface area contributed by atoms with Gasteiger partial charge in [0.15, 0.2) is 0 Å². The minimum Gasteiger partial charge on any atom is -0.481 e. The first-order valence-corrected chi connectivity index (χ1v) is 10.9. The Morgan fingerprint density at radius 1 is 1.07 bits per heavy atom. The molecule has 0 fully saturated rings. The Hall–Kier alpha value is -2.10. The van der Waals surface area contributed by atoms with Gasteiger partial charge in [0, 0.05) is 5.56 Å². The van der Waals surface area contributed by atoms with Gasteiger partial charge >= 0.3 is 5.97 Å². The van der Waals surface area contributed by atoms with Gasteiger partial charge in [-0.05, 0) is 49.8 Å². The van der Waals surface area contributed by atoms with Crippen molar-refractivity contribution in [2.45, 2.75) is 83.6 Å². The molecule has 28 heavy (non-hydrogen) atoms. The van der Waals surface area contributed by atoms with E-state index in [1.54, 1.807) is 6.07 Å². The number of carboxylic acids is 1. The molecular weight excluding hydrogens is 350 g/mol. The SMILES string of the molecule is CCCCCCCCC=CCCCCC(C(=O)O)C1NC(=O)c2cccc1c2. The fourth-order valence-electron chi connectivity index (χ4n) is 3.85. The molecule has 0 saturated carbocycles. The third kappa shape index (κ3) is 7.14. The van der Waals surface area contributed by atoms with Crippen molar-refractivity contribution in [2.75, 3.05) is 0 Å². The topological polar surface area (TPSA) is 66.4 Å². The number of hydrogen-bond donors (Lipinski definition) is 2. The molecule has 0 saturated heterocycles. The molecule has 4 heteroatoms. The minimum absolute atomic E-state index is 0.179. The van der Waals surface area contributed by atoms with Crippen LogP contribution in [-0.2, 0) is 4.79 Å². The van der Waals surface area contributed by atoms with Crippen LogP contribution in [0, 0.1) is 5.92 Å². The van der Waals surface area contributed by atoms with Crippen LogP contribution in [0.3, 0.4) is 0 Å². The Kier molecular flexibility index (Phi) is 9.81. The van der Waals surface area contributed by atoms with Crippen molar-refractivity contribution < 1.29 is 14.7 Å². The van der Waals surface area contributed by atoms with Crippen LogP contribution < -0.4 is 5.32 Å². The summed E-state index contributed by atoms with van der Waals surface area (Å²) in [5.74, 6) is -1.59. The van der Waals surface area contributed by atoms with Gasteiger partial charge in [-0.2, -0.15) is 0 Å². The maximum atomic E-state index is 12.1. The number of fused-ring (bicyclic) bond motifs is 2. The molecule has 0 aliphatic carbocycles. The van der Waals surface area contributed by atoms with E-state index in [4.69, 9.17) is 0 Å². The molecule has 1 aromatic rings. The number of nitrogens with one attached hydrogen (secondary N) is 1. The molecular formula is C24H35NO3. The summed E-state index contributed by atoms with van der Waals surface area (Å²) < 4.78 is 0. The number of benzene rings is 1. The lowest BCUT2D eigenvalue weighted by molar-refractivity contribution is -0.143. The molecule has 1 amide bonds. The zero-order chi connectivity index (χ0) is 20.2. The van der Waals surface area contributed by atoms with Crippen LogP contribution in [0.25, 0.3) is 0 Å². The second-order valence-corrected chi connectivity index (χ2v) is 7.83. The number of amides is 1. The van der Waals surface area contributed by atoms with Gasteiger partial charge in [-0.25, -0.2) is 0 Å². The molecule has 2 atom stereocenters. The van der Waals surface area contributed by atoms with Gasteiger partial charge in [0.2, 0.25) is 0 Å². The van der Waals surface area contributed by atoms with E-state index < -0.39 is 17.9 Å². The monoisotopic (exact) mass is 385 g/mol. The Morgan fingerprint density at radius 3 is 2.46 bits per heavy atom. The van der Waals surface area contributed by atoms with Crippen molar-refractivity contribution in [3.63, 3.8) is 0 Å². The molecule has 2 rings (SSSR count). The molecule has 0 spiro atoms. The second kappa shape index (κ2) is 12.4. The first-order valence-electron chi connectivity index (χ1n) is 10.9. The Bertz CT molecular complexity index is 653. The fourth-order valence-corrected chi connectivity index (χ4v) is 3.85. The zero-order valence-corrected chi connectivity index (χ0v) is 17.2. The highest BCUT2D eigenvalue weighted by Gasteiger charge is 2.33. The lowest BCUT2D eigenvalue weighted by Gasteiger charge is -2.29. The lowest BCUT2D eigenvalue weighted by atomic mass is 9.85. The van der Waals surface area contributed by atoms with Gasteiger partial charge < -0.3 is 10.4 Å². The van der Waals surface area contributed by atoms with Gasteiger partial charge in [-0.15, -0.1) is 0 Å². The highest BCUT2D eigenvalue weighted by Crippen LogP contribution is 2.30. The van der Waals surface area contributed by atoms with Crippen molar-refractivity contribution in [1.29, 1.82) is 0 Å². The lowest BCUT2D eigenvalue weighted by Crippen LogP contribution is -2.39. The maximum absolute atomic E-state index is 12.1. The number of allylic oxidation sites excluding steroid dienone is 2. The first-order chi connectivity index (χ1) is 13.6. The van der Waals surface area contributed by atoms with Crippen molar-refractivity contribution in [1.82, 2.24) is 5.32 Å². The van der Waals surface area contributed by atoms with Gasteiger partial charge in [0.1, 0.15) is 0 Å². The van der Waals surface area contributed by atoms with Crippen LogP contribution in [0.4, 0.5) is 0 Å². The standard InChI is InChI=1S/C24H35NO3/c1-2-3-4-5-6-7-8-9-10-11-12-13-17-21(24(27)28)22-19-15-14-16-20(18-19)23(26)25-22/h9-10,14-16,18,21-22H,2-8,11-13,17H2,1H3,(H,25,26)(H,27,28).